The van der Waals surface area contributed by atoms with Gasteiger partial charge in [-0.1, -0.05) is 56.8 Å². The number of halogens is 7. The van der Waals surface area contributed by atoms with Crippen molar-refractivity contribution in [2.75, 3.05) is 18.0 Å². The minimum atomic E-state index is -4.50. The van der Waals surface area contributed by atoms with Crippen LogP contribution >= 0.6 is 50.7 Å². The average molecular weight is 504 g/mol. The van der Waals surface area contributed by atoms with Crippen LogP contribution in [0.1, 0.15) is 17.5 Å². The lowest BCUT2D eigenvalue weighted by molar-refractivity contribution is -0.184. The molecule has 1 fully saturated rings. The Morgan fingerprint density at radius 1 is 1.11 bits per heavy atom. The zero-order chi connectivity index (χ0) is 20.0. The first-order chi connectivity index (χ1) is 12.6. The highest BCUT2D eigenvalue weighted by Crippen LogP contribution is 2.50. The van der Waals surface area contributed by atoms with Gasteiger partial charge in [-0.05, 0) is 41.8 Å². The van der Waals surface area contributed by atoms with Gasteiger partial charge in [0.1, 0.15) is 5.41 Å². The highest BCUT2D eigenvalue weighted by Gasteiger charge is 2.59. The number of rotatable bonds is 3. The van der Waals surface area contributed by atoms with Crippen molar-refractivity contribution >= 4 is 56.4 Å². The Labute approximate surface area is 178 Å². The van der Waals surface area contributed by atoms with E-state index in [-0.39, 0.29) is 46.7 Å². The number of benzene rings is 2. The summed E-state index contributed by atoms with van der Waals surface area (Å²) in [5, 5.41) is 9.29. The maximum atomic E-state index is 14.2. The van der Waals surface area contributed by atoms with Crippen molar-refractivity contribution in [3.8, 4) is 0 Å². The number of aliphatic hydroxyl groups is 1. The van der Waals surface area contributed by atoms with Gasteiger partial charge in [0.15, 0.2) is 0 Å². The first-order valence-corrected chi connectivity index (χ1v) is 9.88. The second-order valence-corrected chi connectivity index (χ2v) is 8.49. The largest absolute Gasteiger partial charge is 0.400 e. The summed E-state index contributed by atoms with van der Waals surface area (Å²) in [6.07, 6.45) is -4.63. The number of nitrogens with zero attached hydrogens (tertiary/aromatic N) is 1. The van der Waals surface area contributed by atoms with Gasteiger partial charge < -0.3 is 10.0 Å². The smallest absolute Gasteiger partial charge is 0.392 e. The molecule has 1 aliphatic heterocycles. The van der Waals surface area contributed by atoms with E-state index in [9.17, 15) is 18.3 Å². The number of hydrogen-bond donors (Lipinski definition) is 1. The van der Waals surface area contributed by atoms with Crippen molar-refractivity contribution in [1.29, 1.82) is 0 Å². The van der Waals surface area contributed by atoms with Crippen LogP contribution in [-0.2, 0) is 12.0 Å². The van der Waals surface area contributed by atoms with Crippen LogP contribution in [-0.4, -0.2) is 24.4 Å². The van der Waals surface area contributed by atoms with Crippen LogP contribution in [0, 0.1) is 0 Å². The van der Waals surface area contributed by atoms with E-state index >= 15 is 0 Å². The Morgan fingerprint density at radius 3 is 2.26 bits per heavy atom. The molecule has 9 heteroatoms. The summed E-state index contributed by atoms with van der Waals surface area (Å²) in [6, 6.07) is 7.59. The van der Waals surface area contributed by atoms with Crippen LogP contribution in [0.15, 0.2) is 34.8 Å². The van der Waals surface area contributed by atoms with Crippen LogP contribution in [0.25, 0.3) is 0 Å². The molecule has 3 rings (SSSR count). The fourth-order valence-corrected chi connectivity index (χ4v) is 4.44. The van der Waals surface area contributed by atoms with Gasteiger partial charge in [-0.2, -0.15) is 13.2 Å². The lowest BCUT2D eigenvalue weighted by Gasteiger charge is -2.33. The number of anilines is 1. The maximum absolute atomic E-state index is 14.2. The summed E-state index contributed by atoms with van der Waals surface area (Å²) < 4.78 is 43.1. The van der Waals surface area contributed by atoms with E-state index in [0.717, 1.165) is 0 Å². The average Bonchev–Trinajstić information content (AvgIpc) is 3.06. The molecule has 1 aliphatic rings. The summed E-state index contributed by atoms with van der Waals surface area (Å²) >= 11 is 21.2. The molecule has 1 saturated heterocycles. The second kappa shape index (κ2) is 7.64. The predicted octanol–water partition coefficient (Wildman–Crippen LogP) is 6.61. The molecule has 1 unspecified atom stereocenters. The molecule has 27 heavy (non-hydrogen) atoms. The van der Waals surface area contributed by atoms with Crippen LogP contribution in [0.2, 0.25) is 15.1 Å². The minimum absolute atomic E-state index is 0.00273. The second-order valence-electron chi connectivity index (χ2n) is 6.44. The maximum Gasteiger partial charge on any atom is 0.400 e. The monoisotopic (exact) mass is 501 g/mol. The lowest BCUT2D eigenvalue weighted by Crippen LogP contribution is -2.44. The summed E-state index contributed by atoms with van der Waals surface area (Å²) in [4.78, 5) is 1.66. The molecule has 0 amide bonds. The SMILES string of the molecule is OCc1ccc(N2CCC(c3cc(Cl)c(Cl)c(Cl)c3)(C(F)(F)F)C2)cc1Br. The van der Waals surface area contributed by atoms with Gasteiger partial charge in [0.25, 0.3) is 0 Å². The fourth-order valence-electron chi connectivity index (χ4n) is 3.35. The van der Waals surface area contributed by atoms with E-state index in [1.807, 2.05) is 0 Å². The summed E-state index contributed by atoms with van der Waals surface area (Å²) in [5.74, 6) is 0. The van der Waals surface area contributed by atoms with Crippen molar-refractivity contribution in [3.05, 3.63) is 61.0 Å². The molecule has 146 valence electrons. The van der Waals surface area contributed by atoms with Gasteiger partial charge in [-0.25, -0.2) is 0 Å². The topological polar surface area (TPSA) is 23.5 Å². The highest BCUT2D eigenvalue weighted by molar-refractivity contribution is 9.10. The van der Waals surface area contributed by atoms with E-state index in [1.54, 1.807) is 23.1 Å². The molecule has 2 aromatic carbocycles. The zero-order valence-corrected chi connectivity index (χ0v) is 17.6. The molecular formula is C18H14BrCl3F3NO. The molecule has 0 aliphatic carbocycles. The molecule has 1 heterocycles. The fraction of sp³-hybridized carbons (Fsp3) is 0.333. The first-order valence-electron chi connectivity index (χ1n) is 7.95. The molecule has 0 saturated carbocycles. The zero-order valence-electron chi connectivity index (χ0n) is 13.8. The molecule has 0 spiro atoms. The molecule has 2 aromatic rings. The number of hydrogen-bond acceptors (Lipinski definition) is 2. The Kier molecular flexibility index (Phi) is 5.96. The molecule has 1 N–H and O–H groups in total. The van der Waals surface area contributed by atoms with Crippen molar-refractivity contribution in [1.82, 2.24) is 0 Å². The van der Waals surface area contributed by atoms with Gasteiger partial charge in [-0.15, -0.1) is 0 Å². The van der Waals surface area contributed by atoms with Gasteiger partial charge in [0, 0.05) is 23.2 Å². The quantitative estimate of drug-likeness (QED) is 0.477. The van der Waals surface area contributed by atoms with Crippen molar-refractivity contribution in [2.24, 2.45) is 0 Å². The number of aliphatic hydroxyl groups excluding tert-OH is 1. The van der Waals surface area contributed by atoms with Crippen LogP contribution in [0.3, 0.4) is 0 Å². The van der Waals surface area contributed by atoms with Gasteiger partial charge in [-0.3, -0.25) is 0 Å². The standard InChI is InChI=1S/C18H14BrCl3F3NO/c19-13-7-12(2-1-10(13)8-27)26-4-3-17(9-26,18(23,24)25)11-5-14(20)16(22)15(21)6-11/h1-2,5-7,27H,3-4,8-9H2. The lowest BCUT2D eigenvalue weighted by atomic mass is 9.79. The Hall–Kier alpha value is -0.660. The van der Waals surface area contributed by atoms with E-state index < -0.39 is 11.6 Å². The van der Waals surface area contributed by atoms with E-state index in [0.29, 0.717) is 15.7 Å². The van der Waals surface area contributed by atoms with E-state index in [4.69, 9.17) is 34.8 Å². The van der Waals surface area contributed by atoms with E-state index in [1.165, 1.54) is 12.1 Å². The third-order valence-electron chi connectivity index (χ3n) is 4.92. The molecule has 0 bridgehead atoms. The Bertz CT molecular complexity index is 854. The van der Waals surface area contributed by atoms with Crippen LogP contribution in [0.4, 0.5) is 18.9 Å². The highest BCUT2D eigenvalue weighted by atomic mass is 79.9. The predicted molar refractivity (Wildman–Crippen MR) is 106 cm³/mol. The molecular weight excluding hydrogens is 489 g/mol. The normalized spacial score (nSPS) is 20.4. The summed E-state index contributed by atoms with van der Waals surface area (Å²) in [5.41, 5.74) is -0.803. The summed E-state index contributed by atoms with van der Waals surface area (Å²) in [6.45, 7) is -0.215. The molecule has 0 aromatic heterocycles. The van der Waals surface area contributed by atoms with Gasteiger partial charge >= 0.3 is 6.18 Å². The number of alkyl halides is 3. The van der Waals surface area contributed by atoms with Gasteiger partial charge in [0.2, 0.25) is 0 Å². The van der Waals surface area contributed by atoms with Crippen molar-refractivity contribution in [3.63, 3.8) is 0 Å². The van der Waals surface area contributed by atoms with Gasteiger partial charge in [0.05, 0.1) is 21.7 Å². The van der Waals surface area contributed by atoms with Crippen LogP contribution in [0.5, 0.6) is 0 Å². The van der Waals surface area contributed by atoms with E-state index in [2.05, 4.69) is 15.9 Å². The Morgan fingerprint density at radius 2 is 1.74 bits per heavy atom. The minimum Gasteiger partial charge on any atom is -0.392 e. The Balaban J connectivity index is 2.02. The van der Waals surface area contributed by atoms with Crippen LogP contribution < -0.4 is 4.90 Å². The third kappa shape index (κ3) is 3.79. The summed E-state index contributed by atoms with van der Waals surface area (Å²) in [7, 11) is 0. The molecule has 0 radical (unpaired) electrons. The molecule has 2 nitrogen and oxygen atoms in total. The first kappa shape index (κ1) is 21.1. The third-order valence-corrected chi connectivity index (χ3v) is 6.86. The van der Waals surface area contributed by atoms with Crippen molar-refractivity contribution < 1.29 is 18.3 Å². The molecule has 1 atom stereocenters. The van der Waals surface area contributed by atoms with Crippen molar-refractivity contribution in [2.45, 2.75) is 24.6 Å².